The maximum atomic E-state index is 10.4. The Hall–Kier alpha value is -1.97. The molecule has 4 heteroatoms. The lowest BCUT2D eigenvalue weighted by Gasteiger charge is -2.03. The molecular weight excluding hydrogens is 204 g/mol. The molecule has 0 aliphatic carbocycles. The van der Waals surface area contributed by atoms with Gasteiger partial charge in [-0.3, -0.25) is 9.79 Å². The molecule has 1 rings (SSSR count). The van der Waals surface area contributed by atoms with Gasteiger partial charge in [-0.15, -0.1) is 0 Å². The van der Waals surface area contributed by atoms with Gasteiger partial charge < -0.3 is 4.74 Å². The molecule has 0 spiro atoms. The minimum Gasteiger partial charge on any atom is -0.438 e. The largest absolute Gasteiger partial charge is 0.438 e. The van der Waals surface area contributed by atoms with E-state index in [4.69, 9.17) is 4.74 Å². The Kier molecular flexibility index (Phi) is 4.92. The van der Waals surface area contributed by atoms with Crippen molar-refractivity contribution in [3.63, 3.8) is 0 Å². The molecule has 4 nitrogen and oxygen atoms in total. The number of hydrogen-bond donors (Lipinski definition) is 0. The highest BCUT2D eigenvalue weighted by Crippen LogP contribution is 2.09. The average molecular weight is 218 g/mol. The summed E-state index contributed by atoms with van der Waals surface area (Å²) in [6.45, 7) is 4.51. The van der Waals surface area contributed by atoms with Crippen LogP contribution in [0.2, 0.25) is 0 Å². The van der Waals surface area contributed by atoms with Crippen molar-refractivity contribution < 1.29 is 9.53 Å². The smallest absolute Gasteiger partial charge is 0.219 e. The molecule has 1 heterocycles. The molecule has 0 saturated heterocycles. The first-order valence-electron chi connectivity index (χ1n) is 5.05. The number of rotatable bonds is 5. The van der Waals surface area contributed by atoms with Crippen LogP contribution in [0.4, 0.5) is 0 Å². The Morgan fingerprint density at radius 3 is 2.88 bits per heavy atom. The van der Waals surface area contributed by atoms with Gasteiger partial charge in [-0.2, -0.15) is 0 Å². The van der Waals surface area contributed by atoms with Crippen molar-refractivity contribution in [2.45, 2.75) is 13.8 Å². The fourth-order valence-corrected chi connectivity index (χ4v) is 0.984. The molecule has 0 saturated carbocycles. The van der Waals surface area contributed by atoms with Gasteiger partial charge in [0.1, 0.15) is 5.76 Å². The number of aliphatic imine (C=N–C) groups is 1. The summed E-state index contributed by atoms with van der Waals surface area (Å²) in [7, 11) is 0. The molecule has 0 amide bonds. The topological polar surface area (TPSA) is 51.5 Å². The van der Waals surface area contributed by atoms with Crippen molar-refractivity contribution in [1.82, 2.24) is 4.98 Å². The summed E-state index contributed by atoms with van der Waals surface area (Å²) < 4.78 is 5.45. The van der Waals surface area contributed by atoms with E-state index in [0.717, 1.165) is 6.29 Å². The molecule has 0 aliphatic rings. The van der Waals surface area contributed by atoms with Crippen LogP contribution in [0.25, 0.3) is 0 Å². The van der Waals surface area contributed by atoms with Crippen molar-refractivity contribution in [1.29, 1.82) is 0 Å². The minimum absolute atomic E-state index is 0.446. The van der Waals surface area contributed by atoms with Crippen LogP contribution in [0.5, 0.6) is 5.88 Å². The van der Waals surface area contributed by atoms with Gasteiger partial charge >= 0.3 is 0 Å². The second kappa shape index (κ2) is 6.50. The highest BCUT2D eigenvalue weighted by Gasteiger charge is 1.98. The normalized spacial score (nSPS) is 11.8. The molecule has 0 aromatic carbocycles. The zero-order valence-corrected chi connectivity index (χ0v) is 9.38. The van der Waals surface area contributed by atoms with Gasteiger partial charge in [0.2, 0.25) is 5.88 Å². The van der Waals surface area contributed by atoms with E-state index in [0.29, 0.717) is 23.7 Å². The van der Waals surface area contributed by atoms with Crippen LogP contribution in [0.1, 0.15) is 24.2 Å². The number of hydrogen-bond acceptors (Lipinski definition) is 4. The van der Waals surface area contributed by atoms with Gasteiger partial charge in [-0.1, -0.05) is 0 Å². The number of nitrogens with zero attached hydrogens (tertiary/aromatic N) is 2. The van der Waals surface area contributed by atoms with Crippen molar-refractivity contribution in [2.75, 3.05) is 6.54 Å². The van der Waals surface area contributed by atoms with E-state index in [1.54, 1.807) is 24.4 Å². The summed E-state index contributed by atoms with van der Waals surface area (Å²) in [6.07, 6.45) is 5.66. The van der Waals surface area contributed by atoms with Gasteiger partial charge in [0.15, 0.2) is 6.29 Å². The van der Waals surface area contributed by atoms with Crippen molar-refractivity contribution in [3.05, 3.63) is 35.7 Å². The van der Waals surface area contributed by atoms with Gasteiger partial charge in [0.25, 0.3) is 0 Å². The fraction of sp³-hybridized carbons (Fsp3) is 0.250. The van der Waals surface area contributed by atoms with Crippen LogP contribution < -0.4 is 4.74 Å². The number of aromatic nitrogens is 1. The Morgan fingerprint density at radius 1 is 1.56 bits per heavy atom. The number of carbonyl (C=O) groups excluding carboxylic acids is 1. The summed E-state index contributed by atoms with van der Waals surface area (Å²) in [5, 5.41) is 0. The molecule has 16 heavy (non-hydrogen) atoms. The van der Waals surface area contributed by atoms with Crippen LogP contribution in [0.15, 0.2) is 35.2 Å². The molecular formula is C12H14N2O2. The summed E-state index contributed by atoms with van der Waals surface area (Å²) in [5.74, 6) is 1.08. The van der Waals surface area contributed by atoms with Gasteiger partial charge in [0.05, 0.1) is 6.21 Å². The third kappa shape index (κ3) is 3.65. The molecule has 1 aromatic rings. The first kappa shape index (κ1) is 12.1. The van der Waals surface area contributed by atoms with Gasteiger partial charge in [-0.05, 0) is 26.0 Å². The number of aldehydes is 1. The third-order valence-electron chi connectivity index (χ3n) is 1.80. The predicted molar refractivity (Wildman–Crippen MR) is 63.0 cm³/mol. The molecule has 0 unspecified atom stereocenters. The first-order chi connectivity index (χ1) is 7.80. The molecule has 0 fully saturated rings. The molecule has 0 radical (unpaired) electrons. The predicted octanol–water partition coefficient (Wildman–Crippen LogP) is 2.27. The molecule has 0 N–H and O–H groups in total. The highest BCUT2D eigenvalue weighted by atomic mass is 16.5. The van der Waals surface area contributed by atoms with Crippen molar-refractivity contribution in [2.24, 2.45) is 4.99 Å². The minimum atomic E-state index is 0.446. The number of ether oxygens (including phenoxy) is 1. The maximum Gasteiger partial charge on any atom is 0.219 e. The van der Waals surface area contributed by atoms with E-state index in [-0.39, 0.29) is 0 Å². The van der Waals surface area contributed by atoms with Gasteiger partial charge in [0, 0.05) is 24.4 Å². The van der Waals surface area contributed by atoms with Crippen molar-refractivity contribution in [3.8, 4) is 5.88 Å². The number of allylic oxidation sites excluding steroid dienone is 2. The molecule has 1 aromatic heterocycles. The Labute approximate surface area is 94.7 Å². The summed E-state index contributed by atoms with van der Waals surface area (Å²) in [5.41, 5.74) is 0.525. The average Bonchev–Trinajstić information content (AvgIpc) is 2.35. The van der Waals surface area contributed by atoms with E-state index >= 15 is 0 Å². The lowest BCUT2D eigenvalue weighted by molar-refractivity contribution is 0.112. The number of carbonyl (C=O) groups is 1. The Morgan fingerprint density at radius 2 is 2.38 bits per heavy atom. The van der Waals surface area contributed by atoms with Crippen LogP contribution >= 0.6 is 0 Å². The van der Waals surface area contributed by atoms with Crippen molar-refractivity contribution >= 4 is 12.5 Å². The maximum absolute atomic E-state index is 10.4. The van der Waals surface area contributed by atoms with E-state index in [2.05, 4.69) is 9.98 Å². The van der Waals surface area contributed by atoms with E-state index in [1.807, 2.05) is 13.8 Å². The monoisotopic (exact) mass is 218 g/mol. The fourth-order valence-electron chi connectivity index (χ4n) is 0.984. The second-order valence-corrected chi connectivity index (χ2v) is 2.97. The molecule has 0 bridgehead atoms. The highest BCUT2D eigenvalue weighted by molar-refractivity contribution is 5.76. The lowest BCUT2D eigenvalue weighted by Crippen LogP contribution is -1.98. The SMILES string of the molecule is C/C=C(\C=NCC)Oc1ccc(C=O)cn1. The van der Waals surface area contributed by atoms with Gasteiger partial charge in [-0.25, -0.2) is 4.98 Å². The summed E-state index contributed by atoms with van der Waals surface area (Å²) >= 11 is 0. The summed E-state index contributed by atoms with van der Waals surface area (Å²) in [4.78, 5) is 18.5. The number of pyridine rings is 1. The second-order valence-electron chi connectivity index (χ2n) is 2.97. The molecule has 0 atom stereocenters. The molecule has 0 aliphatic heterocycles. The van der Waals surface area contributed by atoms with E-state index in [1.165, 1.54) is 6.20 Å². The zero-order valence-electron chi connectivity index (χ0n) is 9.38. The zero-order chi connectivity index (χ0) is 11.8. The van der Waals surface area contributed by atoms with Crippen LogP contribution in [-0.4, -0.2) is 24.0 Å². The van der Waals surface area contributed by atoms with Crippen LogP contribution in [0, 0.1) is 0 Å². The summed E-state index contributed by atoms with van der Waals surface area (Å²) in [6, 6.07) is 3.30. The Balaban J connectivity index is 2.71. The van der Waals surface area contributed by atoms with E-state index in [9.17, 15) is 4.79 Å². The van der Waals surface area contributed by atoms with E-state index < -0.39 is 0 Å². The standard InChI is InChI=1S/C12H14N2O2/c1-3-11(8-13-4-2)16-12-6-5-10(9-15)7-14-12/h3,5-9H,4H2,1-2H3/b11-3+,13-8?. The van der Waals surface area contributed by atoms with Crippen LogP contribution in [-0.2, 0) is 0 Å². The molecule has 84 valence electrons. The third-order valence-corrected chi connectivity index (χ3v) is 1.80. The quantitative estimate of drug-likeness (QED) is 0.432. The Bertz CT molecular complexity index is 394. The first-order valence-corrected chi connectivity index (χ1v) is 5.05. The lowest BCUT2D eigenvalue weighted by atomic mass is 10.3. The van der Waals surface area contributed by atoms with Crippen LogP contribution in [0.3, 0.4) is 0 Å².